The van der Waals surface area contributed by atoms with Crippen LogP contribution in [0.3, 0.4) is 0 Å². The van der Waals surface area contributed by atoms with Gasteiger partial charge in [0.15, 0.2) is 0 Å². The Morgan fingerprint density at radius 3 is 2.47 bits per heavy atom. The summed E-state index contributed by atoms with van der Waals surface area (Å²) < 4.78 is 5.71. The van der Waals surface area contributed by atoms with Gasteiger partial charge in [-0.1, -0.05) is 30.3 Å². The second-order valence-electron chi connectivity index (χ2n) is 4.47. The van der Waals surface area contributed by atoms with Crippen LogP contribution in [-0.2, 0) is 0 Å². The predicted molar refractivity (Wildman–Crippen MR) is 76.1 cm³/mol. The summed E-state index contributed by atoms with van der Waals surface area (Å²) in [5, 5.41) is 17.2. The number of rotatable bonds is 5. The molecule has 98 valence electrons. The van der Waals surface area contributed by atoms with E-state index in [0.29, 0.717) is 17.9 Å². The Kier molecular flexibility index (Phi) is 4.31. The highest BCUT2D eigenvalue weighted by Crippen LogP contribution is 2.22. The molecule has 0 amide bonds. The first-order valence-corrected chi connectivity index (χ1v) is 6.24. The molecule has 0 aliphatic heterocycles. The molecular formula is C16H17NO2. The molecule has 2 N–H and O–H groups in total. The molecule has 0 aliphatic carbocycles. The third kappa shape index (κ3) is 3.93. The van der Waals surface area contributed by atoms with E-state index in [9.17, 15) is 5.11 Å². The second kappa shape index (κ2) is 6.16. The number of benzene rings is 2. The molecule has 0 heterocycles. The van der Waals surface area contributed by atoms with E-state index >= 15 is 0 Å². The van der Waals surface area contributed by atoms with Crippen LogP contribution in [-0.4, -0.2) is 16.9 Å². The van der Waals surface area contributed by atoms with Crippen molar-refractivity contribution in [2.24, 2.45) is 0 Å². The molecule has 2 aromatic carbocycles. The minimum absolute atomic E-state index is 0.342. The van der Waals surface area contributed by atoms with Gasteiger partial charge in [-0.15, -0.1) is 0 Å². The van der Waals surface area contributed by atoms with Gasteiger partial charge in [0.1, 0.15) is 11.5 Å². The third-order valence-corrected chi connectivity index (χ3v) is 2.66. The highest BCUT2D eigenvalue weighted by Gasteiger charge is 2.06. The van der Waals surface area contributed by atoms with Crippen molar-refractivity contribution in [2.45, 2.75) is 19.4 Å². The highest BCUT2D eigenvalue weighted by atomic mass is 16.5. The number of ether oxygens (including phenoxy) is 1. The van der Waals surface area contributed by atoms with Gasteiger partial charge in [-0.25, -0.2) is 0 Å². The monoisotopic (exact) mass is 255 g/mol. The highest BCUT2D eigenvalue weighted by molar-refractivity contribution is 5.98. The molecule has 0 spiro atoms. The Balaban J connectivity index is 2.13. The molecule has 0 bridgehead atoms. The molecule has 0 saturated carbocycles. The van der Waals surface area contributed by atoms with Crippen LogP contribution in [0.1, 0.15) is 18.9 Å². The Hall–Kier alpha value is -2.13. The molecule has 0 radical (unpaired) electrons. The smallest absolute Gasteiger partial charge is 0.128 e. The molecule has 1 unspecified atom stereocenters. The topological polar surface area (TPSA) is 53.3 Å². The van der Waals surface area contributed by atoms with E-state index in [1.165, 1.54) is 0 Å². The van der Waals surface area contributed by atoms with Gasteiger partial charge < -0.3 is 15.3 Å². The van der Waals surface area contributed by atoms with Crippen LogP contribution in [0.25, 0.3) is 0 Å². The van der Waals surface area contributed by atoms with Crippen LogP contribution in [0.5, 0.6) is 11.5 Å². The first kappa shape index (κ1) is 13.3. The quantitative estimate of drug-likeness (QED) is 0.802. The van der Waals surface area contributed by atoms with E-state index in [-0.39, 0.29) is 0 Å². The zero-order chi connectivity index (χ0) is 13.7. The Labute approximate surface area is 113 Å². The lowest BCUT2D eigenvalue weighted by Gasteiger charge is -2.09. The van der Waals surface area contributed by atoms with Gasteiger partial charge in [0.25, 0.3) is 0 Å². The van der Waals surface area contributed by atoms with Crippen molar-refractivity contribution in [3.63, 3.8) is 0 Å². The number of para-hydroxylation sites is 1. The van der Waals surface area contributed by atoms with E-state index in [4.69, 9.17) is 10.1 Å². The molecule has 19 heavy (non-hydrogen) atoms. The summed E-state index contributed by atoms with van der Waals surface area (Å²) >= 11 is 0. The third-order valence-electron chi connectivity index (χ3n) is 2.66. The molecule has 0 saturated heterocycles. The van der Waals surface area contributed by atoms with Crippen LogP contribution in [0.2, 0.25) is 0 Å². The van der Waals surface area contributed by atoms with Crippen molar-refractivity contribution in [3.05, 3.63) is 60.2 Å². The Morgan fingerprint density at radius 1 is 1.11 bits per heavy atom. The number of hydrogen-bond donors (Lipinski definition) is 2. The minimum atomic E-state index is -0.508. The fraction of sp³-hybridized carbons (Fsp3) is 0.188. The molecular weight excluding hydrogens is 238 g/mol. The van der Waals surface area contributed by atoms with Gasteiger partial charge >= 0.3 is 0 Å². The molecule has 0 aliphatic rings. The maximum Gasteiger partial charge on any atom is 0.128 e. The molecule has 0 aromatic heterocycles. The van der Waals surface area contributed by atoms with Crippen molar-refractivity contribution in [2.75, 3.05) is 0 Å². The first-order valence-electron chi connectivity index (χ1n) is 6.24. The Bertz CT molecular complexity index is 550. The van der Waals surface area contributed by atoms with Crippen molar-refractivity contribution in [1.29, 1.82) is 5.41 Å². The molecule has 3 heteroatoms. The molecule has 2 aromatic rings. The van der Waals surface area contributed by atoms with E-state index in [1.807, 2.05) is 54.6 Å². The summed E-state index contributed by atoms with van der Waals surface area (Å²) in [6.45, 7) is 1.68. The molecule has 2 rings (SSSR count). The lowest BCUT2D eigenvalue weighted by Crippen LogP contribution is -2.09. The predicted octanol–water partition coefficient (Wildman–Crippen LogP) is 3.62. The van der Waals surface area contributed by atoms with Gasteiger partial charge in [-0.2, -0.15) is 0 Å². The van der Waals surface area contributed by atoms with Gasteiger partial charge in [0, 0.05) is 12.1 Å². The number of nitrogens with one attached hydrogen (secondary N) is 1. The summed E-state index contributed by atoms with van der Waals surface area (Å²) in [4.78, 5) is 0. The summed E-state index contributed by atoms with van der Waals surface area (Å²) in [7, 11) is 0. The van der Waals surface area contributed by atoms with Crippen molar-refractivity contribution in [3.8, 4) is 11.5 Å². The zero-order valence-corrected chi connectivity index (χ0v) is 10.8. The summed E-state index contributed by atoms with van der Waals surface area (Å²) in [5.74, 6) is 1.46. The number of aliphatic hydroxyl groups excluding tert-OH is 1. The van der Waals surface area contributed by atoms with Crippen LogP contribution >= 0.6 is 0 Å². The second-order valence-corrected chi connectivity index (χ2v) is 4.47. The first-order chi connectivity index (χ1) is 9.15. The largest absolute Gasteiger partial charge is 0.457 e. The average molecular weight is 255 g/mol. The molecule has 1 atom stereocenters. The van der Waals surface area contributed by atoms with Crippen LogP contribution in [0, 0.1) is 5.41 Å². The van der Waals surface area contributed by atoms with Gasteiger partial charge in [-0.3, -0.25) is 0 Å². The van der Waals surface area contributed by atoms with Crippen molar-refractivity contribution >= 4 is 5.71 Å². The normalized spacial score (nSPS) is 11.9. The molecule has 0 fully saturated rings. The standard InChI is InChI=1S/C16H17NO2/c1-12(18)10-16(17)13-6-5-9-15(11-13)19-14-7-3-2-4-8-14/h2-9,11-12,17-18H,10H2,1H3. The van der Waals surface area contributed by atoms with Crippen molar-refractivity contribution < 1.29 is 9.84 Å². The van der Waals surface area contributed by atoms with Crippen LogP contribution < -0.4 is 4.74 Å². The van der Waals surface area contributed by atoms with Gasteiger partial charge in [-0.05, 0) is 36.8 Å². The average Bonchev–Trinajstić information content (AvgIpc) is 2.39. The summed E-state index contributed by atoms with van der Waals surface area (Å²) in [6.07, 6.45) is -0.166. The lowest BCUT2D eigenvalue weighted by molar-refractivity contribution is 0.203. The SMILES string of the molecule is CC(O)CC(=N)c1cccc(Oc2ccccc2)c1. The summed E-state index contributed by atoms with van der Waals surface area (Å²) in [6, 6.07) is 16.9. The molecule has 3 nitrogen and oxygen atoms in total. The lowest BCUT2D eigenvalue weighted by atomic mass is 10.0. The van der Waals surface area contributed by atoms with Crippen LogP contribution in [0.4, 0.5) is 0 Å². The van der Waals surface area contributed by atoms with Crippen molar-refractivity contribution in [1.82, 2.24) is 0 Å². The van der Waals surface area contributed by atoms with E-state index < -0.39 is 6.10 Å². The number of hydrogen-bond acceptors (Lipinski definition) is 3. The van der Waals surface area contributed by atoms with Gasteiger partial charge in [0.2, 0.25) is 0 Å². The van der Waals surface area contributed by atoms with Crippen LogP contribution in [0.15, 0.2) is 54.6 Å². The fourth-order valence-corrected chi connectivity index (χ4v) is 1.79. The van der Waals surface area contributed by atoms with Gasteiger partial charge in [0.05, 0.1) is 6.10 Å². The maximum absolute atomic E-state index is 9.32. The zero-order valence-electron chi connectivity index (χ0n) is 10.8. The summed E-state index contributed by atoms with van der Waals surface area (Å²) in [5.41, 5.74) is 1.18. The minimum Gasteiger partial charge on any atom is -0.457 e. The van der Waals surface area contributed by atoms with E-state index in [2.05, 4.69) is 0 Å². The maximum atomic E-state index is 9.32. The van der Waals surface area contributed by atoms with E-state index in [0.717, 1.165) is 11.3 Å². The number of aliphatic hydroxyl groups is 1. The fourth-order valence-electron chi connectivity index (χ4n) is 1.79. The Morgan fingerprint density at radius 2 is 1.79 bits per heavy atom. The van der Waals surface area contributed by atoms with E-state index in [1.54, 1.807) is 6.92 Å².